The van der Waals surface area contributed by atoms with Crippen LogP contribution in [0.1, 0.15) is 28.8 Å². The third-order valence-electron chi connectivity index (χ3n) is 4.35. The Bertz CT molecular complexity index is 757. The minimum atomic E-state index is -3.67. The van der Waals surface area contributed by atoms with E-state index in [-0.39, 0.29) is 42.1 Å². The maximum Gasteiger partial charge on any atom is 0.338 e. The van der Waals surface area contributed by atoms with Gasteiger partial charge in [-0.25, -0.2) is 17.5 Å². The zero-order valence-corrected chi connectivity index (χ0v) is 16.9. The molecular weight excluding hydrogens is 394 g/mol. The van der Waals surface area contributed by atoms with Crippen molar-refractivity contribution in [1.82, 2.24) is 9.62 Å². The molecule has 2 rings (SSSR count). The van der Waals surface area contributed by atoms with E-state index in [1.807, 2.05) is 0 Å². The molecule has 1 aliphatic rings. The van der Waals surface area contributed by atoms with E-state index in [9.17, 15) is 18.0 Å². The van der Waals surface area contributed by atoms with Gasteiger partial charge in [0, 0.05) is 26.2 Å². The number of rotatable bonds is 7. The second-order valence-corrected chi connectivity index (χ2v) is 8.15. The lowest BCUT2D eigenvalue weighted by molar-refractivity contribution is -0.126. The van der Waals surface area contributed by atoms with Gasteiger partial charge in [-0.05, 0) is 24.5 Å². The number of hydrogen-bond donors (Lipinski definition) is 2. The quantitative estimate of drug-likeness (QED) is 0.621. The fourth-order valence-electron chi connectivity index (χ4n) is 2.99. The first-order valence-corrected chi connectivity index (χ1v) is 10.1. The van der Waals surface area contributed by atoms with Crippen molar-refractivity contribution in [3.63, 3.8) is 0 Å². The number of sulfonamides is 1. The Hall–Kier alpha value is -1.68. The minimum absolute atomic E-state index is 0. The van der Waals surface area contributed by atoms with E-state index < -0.39 is 16.0 Å². The van der Waals surface area contributed by atoms with Gasteiger partial charge in [-0.15, -0.1) is 12.4 Å². The number of hydrogen-bond acceptors (Lipinski definition) is 6. The number of carbonyl (C=O) groups is 2. The fraction of sp³-hybridized carbons (Fsp3) is 0.529. The van der Waals surface area contributed by atoms with Crippen LogP contribution in [0.3, 0.4) is 0 Å². The van der Waals surface area contributed by atoms with Crippen LogP contribution < -0.4 is 11.1 Å². The molecule has 1 heterocycles. The molecule has 10 heteroatoms. The zero-order chi connectivity index (χ0) is 19.2. The second-order valence-electron chi connectivity index (χ2n) is 6.18. The van der Waals surface area contributed by atoms with Crippen LogP contribution in [0.15, 0.2) is 24.3 Å². The third-order valence-corrected chi connectivity index (χ3v) is 6.15. The highest BCUT2D eigenvalue weighted by atomic mass is 35.5. The van der Waals surface area contributed by atoms with Crippen molar-refractivity contribution in [2.24, 2.45) is 11.7 Å². The van der Waals surface area contributed by atoms with E-state index >= 15 is 0 Å². The van der Waals surface area contributed by atoms with Gasteiger partial charge in [-0.2, -0.15) is 0 Å². The van der Waals surface area contributed by atoms with Crippen LogP contribution in [0, 0.1) is 5.92 Å². The molecule has 1 aliphatic heterocycles. The van der Waals surface area contributed by atoms with Crippen LogP contribution in [0.25, 0.3) is 0 Å². The number of ether oxygens (including phenoxy) is 1. The number of nitrogens with two attached hydrogens (primary N) is 1. The van der Waals surface area contributed by atoms with Gasteiger partial charge in [0.25, 0.3) is 0 Å². The molecule has 0 bridgehead atoms. The molecule has 3 N–H and O–H groups in total. The van der Waals surface area contributed by atoms with Crippen molar-refractivity contribution in [3.05, 3.63) is 35.4 Å². The average molecular weight is 420 g/mol. The van der Waals surface area contributed by atoms with Crippen molar-refractivity contribution in [2.45, 2.75) is 18.6 Å². The van der Waals surface area contributed by atoms with E-state index in [4.69, 9.17) is 10.5 Å². The van der Waals surface area contributed by atoms with Gasteiger partial charge in [-0.3, -0.25) is 4.79 Å². The molecule has 0 spiro atoms. The molecule has 1 unspecified atom stereocenters. The summed E-state index contributed by atoms with van der Waals surface area (Å²) in [6.45, 7) is 1.21. The number of methoxy groups -OCH3 is 1. The monoisotopic (exact) mass is 419 g/mol. The van der Waals surface area contributed by atoms with Crippen molar-refractivity contribution in [1.29, 1.82) is 0 Å². The lowest BCUT2D eigenvalue weighted by Crippen LogP contribution is -2.46. The largest absolute Gasteiger partial charge is 0.465 e. The molecule has 1 atom stereocenters. The Labute approximate surface area is 165 Å². The predicted molar refractivity (Wildman–Crippen MR) is 104 cm³/mol. The van der Waals surface area contributed by atoms with Crippen LogP contribution in [-0.2, 0) is 25.3 Å². The summed E-state index contributed by atoms with van der Waals surface area (Å²) in [6.07, 6.45) is 1.25. The van der Waals surface area contributed by atoms with Crippen molar-refractivity contribution in [3.8, 4) is 0 Å². The molecule has 1 aromatic carbocycles. The number of nitrogens with one attached hydrogen (secondary N) is 1. The molecule has 0 saturated carbocycles. The van der Waals surface area contributed by atoms with Crippen molar-refractivity contribution >= 4 is 34.3 Å². The van der Waals surface area contributed by atoms with Crippen LogP contribution in [-0.4, -0.2) is 57.9 Å². The molecule has 1 aromatic rings. The average Bonchev–Trinajstić information content (AvgIpc) is 2.65. The van der Waals surface area contributed by atoms with Gasteiger partial charge in [0.1, 0.15) is 0 Å². The van der Waals surface area contributed by atoms with Crippen LogP contribution in [0.5, 0.6) is 0 Å². The number of esters is 1. The Morgan fingerprint density at radius 3 is 2.70 bits per heavy atom. The van der Waals surface area contributed by atoms with E-state index in [0.29, 0.717) is 38.0 Å². The number of piperidine rings is 1. The molecular formula is C17H26ClN3O5S. The highest BCUT2D eigenvalue weighted by Crippen LogP contribution is 2.23. The van der Waals surface area contributed by atoms with Gasteiger partial charge < -0.3 is 15.8 Å². The summed E-state index contributed by atoms with van der Waals surface area (Å²) in [5, 5.41) is 2.71. The predicted octanol–water partition coefficient (Wildman–Crippen LogP) is 0.512. The molecule has 0 radical (unpaired) electrons. The molecule has 152 valence electrons. The molecule has 27 heavy (non-hydrogen) atoms. The zero-order valence-electron chi connectivity index (χ0n) is 15.2. The lowest BCUT2D eigenvalue weighted by atomic mass is 9.99. The molecule has 1 amide bonds. The van der Waals surface area contributed by atoms with E-state index in [2.05, 4.69) is 5.32 Å². The maximum atomic E-state index is 12.8. The normalized spacial score (nSPS) is 17.6. The first-order valence-electron chi connectivity index (χ1n) is 8.51. The van der Waals surface area contributed by atoms with Gasteiger partial charge >= 0.3 is 5.97 Å². The first-order chi connectivity index (χ1) is 12.4. The van der Waals surface area contributed by atoms with E-state index in [0.717, 1.165) is 0 Å². The summed E-state index contributed by atoms with van der Waals surface area (Å²) in [5.74, 6) is -1.45. The first kappa shape index (κ1) is 23.4. The Kier molecular flexibility index (Phi) is 9.17. The summed E-state index contributed by atoms with van der Waals surface area (Å²) in [5.41, 5.74) is 5.99. The second kappa shape index (κ2) is 10.6. The van der Waals surface area contributed by atoms with Gasteiger partial charge in [0.2, 0.25) is 15.9 Å². The summed E-state index contributed by atoms with van der Waals surface area (Å²) in [7, 11) is -2.41. The number of benzene rings is 1. The summed E-state index contributed by atoms with van der Waals surface area (Å²) in [4.78, 5) is 24.0. The van der Waals surface area contributed by atoms with Crippen molar-refractivity contribution in [2.75, 3.05) is 33.3 Å². The smallest absolute Gasteiger partial charge is 0.338 e. The van der Waals surface area contributed by atoms with E-state index in [1.165, 1.54) is 17.5 Å². The Morgan fingerprint density at radius 2 is 2.04 bits per heavy atom. The standard InChI is InChI=1S/C17H25N3O5S.ClH/c1-25-17(22)15-7-3-2-5-14(15)12-26(23,24)20-10-4-6-13(11-20)16(21)19-9-8-18;/h2-3,5,7,13H,4,6,8-12,18H2,1H3,(H,19,21);1H. The minimum Gasteiger partial charge on any atom is -0.465 e. The van der Waals surface area contributed by atoms with Crippen LogP contribution >= 0.6 is 12.4 Å². The van der Waals surface area contributed by atoms with E-state index in [1.54, 1.807) is 18.2 Å². The van der Waals surface area contributed by atoms with Gasteiger partial charge in [-0.1, -0.05) is 18.2 Å². The molecule has 1 fully saturated rings. The lowest BCUT2D eigenvalue weighted by Gasteiger charge is -2.31. The third kappa shape index (κ3) is 6.17. The summed E-state index contributed by atoms with van der Waals surface area (Å²) in [6, 6.07) is 6.47. The number of halogens is 1. The summed E-state index contributed by atoms with van der Waals surface area (Å²) >= 11 is 0. The highest BCUT2D eigenvalue weighted by molar-refractivity contribution is 7.88. The number of carbonyl (C=O) groups excluding carboxylic acids is 2. The molecule has 0 aliphatic carbocycles. The SMILES string of the molecule is COC(=O)c1ccccc1CS(=O)(=O)N1CCCC(C(=O)NCCN)C1.Cl. The Morgan fingerprint density at radius 1 is 1.33 bits per heavy atom. The van der Waals surface area contributed by atoms with Crippen molar-refractivity contribution < 1.29 is 22.7 Å². The molecule has 1 saturated heterocycles. The topological polar surface area (TPSA) is 119 Å². The molecule has 0 aromatic heterocycles. The number of nitrogens with zero attached hydrogens (tertiary/aromatic N) is 1. The van der Waals surface area contributed by atoms with Gasteiger partial charge in [0.15, 0.2) is 0 Å². The fourth-order valence-corrected chi connectivity index (χ4v) is 4.63. The maximum absolute atomic E-state index is 12.8. The van der Waals surface area contributed by atoms with Crippen LogP contribution in [0.4, 0.5) is 0 Å². The Balaban J connectivity index is 0.00000364. The summed E-state index contributed by atoms with van der Waals surface area (Å²) < 4.78 is 31.7. The number of amides is 1. The highest BCUT2D eigenvalue weighted by Gasteiger charge is 2.33. The molecule has 8 nitrogen and oxygen atoms in total. The van der Waals surface area contributed by atoms with Gasteiger partial charge in [0.05, 0.1) is 24.3 Å². The van der Waals surface area contributed by atoms with Crippen LogP contribution in [0.2, 0.25) is 0 Å².